The molecule has 2 aliphatic carbocycles. The van der Waals surface area contributed by atoms with Gasteiger partial charge in [0.25, 0.3) is 0 Å². The van der Waals surface area contributed by atoms with Crippen molar-refractivity contribution < 1.29 is 0 Å². The molecule has 16 heavy (non-hydrogen) atoms. The van der Waals surface area contributed by atoms with E-state index < -0.39 is 0 Å². The normalized spacial score (nSPS) is 23.6. The van der Waals surface area contributed by atoms with Crippen LogP contribution in [0.5, 0.6) is 0 Å². The molecule has 1 N–H and O–H groups in total. The molecule has 2 aliphatic rings. The molecule has 0 amide bonds. The van der Waals surface area contributed by atoms with Crippen molar-refractivity contribution in [3.63, 3.8) is 0 Å². The summed E-state index contributed by atoms with van der Waals surface area (Å²) in [6.45, 7) is 0. The van der Waals surface area contributed by atoms with Crippen LogP contribution in [0.3, 0.4) is 0 Å². The van der Waals surface area contributed by atoms with Gasteiger partial charge in [-0.2, -0.15) is 0 Å². The van der Waals surface area contributed by atoms with Crippen LogP contribution in [-0.4, -0.2) is 6.04 Å². The first-order chi connectivity index (χ1) is 7.78. The molecule has 0 heterocycles. The van der Waals surface area contributed by atoms with E-state index in [1.54, 1.807) is 0 Å². The number of rotatable bonds is 3. The lowest BCUT2D eigenvalue weighted by Gasteiger charge is -2.22. The van der Waals surface area contributed by atoms with E-state index in [-0.39, 0.29) is 0 Å². The summed E-state index contributed by atoms with van der Waals surface area (Å²) in [4.78, 5) is 0. The molecule has 3 rings (SSSR count). The molecule has 1 aromatic rings. The summed E-state index contributed by atoms with van der Waals surface area (Å²) >= 11 is 5.93. The Morgan fingerprint density at radius 2 is 1.69 bits per heavy atom. The molecule has 1 aromatic carbocycles. The quantitative estimate of drug-likeness (QED) is 0.839. The van der Waals surface area contributed by atoms with E-state index in [2.05, 4.69) is 17.4 Å². The zero-order chi connectivity index (χ0) is 11.0. The van der Waals surface area contributed by atoms with Crippen molar-refractivity contribution in [1.82, 2.24) is 5.32 Å². The Bertz CT molecular complexity index is 361. The summed E-state index contributed by atoms with van der Waals surface area (Å²) in [7, 11) is 0. The molecule has 86 valence electrons. The third-order valence-corrected chi connectivity index (χ3v) is 4.23. The second-order valence-corrected chi connectivity index (χ2v) is 5.65. The van der Waals surface area contributed by atoms with Gasteiger partial charge in [-0.15, -0.1) is 0 Å². The Labute approximate surface area is 102 Å². The van der Waals surface area contributed by atoms with Crippen molar-refractivity contribution in [3.8, 4) is 0 Å². The molecule has 0 aromatic heterocycles. The van der Waals surface area contributed by atoms with Crippen LogP contribution >= 0.6 is 11.6 Å². The molecule has 2 saturated carbocycles. The zero-order valence-corrected chi connectivity index (χ0v) is 10.3. The van der Waals surface area contributed by atoms with Crippen LogP contribution in [0.4, 0.5) is 0 Å². The van der Waals surface area contributed by atoms with Crippen molar-refractivity contribution in [3.05, 3.63) is 34.9 Å². The van der Waals surface area contributed by atoms with Gasteiger partial charge in [0, 0.05) is 16.6 Å². The number of halogens is 1. The molecule has 0 bridgehead atoms. The van der Waals surface area contributed by atoms with E-state index in [9.17, 15) is 0 Å². The summed E-state index contributed by atoms with van der Waals surface area (Å²) < 4.78 is 0. The Balaban J connectivity index is 1.74. The molecular weight excluding hydrogens is 218 g/mol. The highest BCUT2D eigenvalue weighted by Gasteiger charge is 2.45. The van der Waals surface area contributed by atoms with Gasteiger partial charge in [0.15, 0.2) is 0 Å². The van der Waals surface area contributed by atoms with Crippen molar-refractivity contribution in [2.75, 3.05) is 0 Å². The molecule has 0 saturated heterocycles. The van der Waals surface area contributed by atoms with Gasteiger partial charge in [-0.25, -0.2) is 0 Å². The minimum absolute atomic E-state index is 0.291. The van der Waals surface area contributed by atoms with Gasteiger partial charge < -0.3 is 5.32 Å². The van der Waals surface area contributed by atoms with Crippen LogP contribution < -0.4 is 5.32 Å². The lowest BCUT2D eigenvalue weighted by Crippen LogP contribution is -2.36. The predicted octanol–water partition coefficient (Wildman–Crippen LogP) is 3.86. The lowest BCUT2D eigenvalue weighted by atomic mass is 10.0. The van der Waals surface area contributed by atoms with Crippen LogP contribution in [0, 0.1) is 0 Å². The molecule has 0 unspecified atom stereocenters. The Hall–Kier alpha value is -0.530. The maximum atomic E-state index is 5.93. The average molecular weight is 236 g/mol. The van der Waals surface area contributed by atoms with Crippen LogP contribution in [0.2, 0.25) is 5.02 Å². The average Bonchev–Trinajstić information content (AvgIpc) is 2.88. The maximum Gasteiger partial charge on any atom is 0.0438 e. The third-order valence-electron chi connectivity index (χ3n) is 3.98. The molecule has 0 radical (unpaired) electrons. The standard InChI is InChI=1S/C14H18ClN/c15-12-7-5-11(6-8-12)14(9-10-14)16-13-3-1-2-4-13/h5-8,13,16H,1-4,9-10H2. The van der Waals surface area contributed by atoms with Crippen molar-refractivity contribution >= 4 is 11.6 Å². The van der Waals surface area contributed by atoms with E-state index in [1.165, 1.54) is 44.1 Å². The molecule has 0 atom stereocenters. The second-order valence-electron chi connectivity index (χ2n) is 5.21. The van der Waals surface area contributed by atoms with Crippen LogP contribution in [0.1, 0.15) is 44.1 Å². The van der Waals surface area contributed by atoms with Crippen LogP contribution in [0.25, 0.3) is 0 Å². The number of hydrogen-bond acceptors (Lipinski definition) is 1. The Kier molecular flexibility index (Phi) is 2.68. The molecular formula is C14H18ClN. The number of hydrogen-bond donors (Lipinski definition) is 1. The molecule has 2 fully saturated rings. The summed E-state index contributed by atoms with van der Waals surface area (Å²) in [5, 5.41) is 4.69. The minimum Gasteiger partial charge on any atom is -0.305 e. The highest BCUT2D eigenvalue weighted by atomic mass is 35.5. The first-order valence-corrected chi connectivity index (χ1v) is 6.70. The van der Waals surface area contributed by atoms with Crippen molar-refractivity contribution in [2.24, 2.45) is 0 Å². The van der Waals surface area contributed by atoms with E-state index in [0.29, 0.717) is 5.54 Å². The summed E-state index contributed by atoms with van der Waals surface area (Å²) in [5.41, 5.74) is 1.71. The van der Waals surface area contributed by atoms with E-state index >= 15 is 0 Å². The fraction of sp³-hybridized carbons (Fsp3) is 0.571. The maximum absolute atomic E-state index is 5.93. The summed E-state index contributed by atoms with van der Waals surface area (Å²) in [5.74, 6) is 0. The minimum atomic E-state index is 0.291. The highest BCUT2D eigenvalue weighted by molar-refractivity contribution is 6.30. The van der Waals surface area contributed by atoms with Crippen LogP contribution in [-0.2, 0) is 5.54 Å². The lowest BCUT2D eigenvalue weighted by molar-refractivity contribution is 0.424. The van der Waals surface area contributed by atoms with Crippen molar-refractivity contribution in [1.29, 1.82) is 0 Å². The Morgan fingerprint density at radius 3 is 2.25 bits per heavy atom. The largest absolute Gasteiger partial charge is 0.305 e. The summed E-state index contributed by atoms with van der Waals surface area (Å²) in [6.07, 6.45) is 8.07. The monoisotopic (exact) mass is 235 g/mol. The zero-order valence-electron chi connectivity index (χ0n) is 9.51. The van der Waals surface area contributed by atoms with Crippen LogP contribution in [0.15, 0.2) is 24.3 Å². The first kappa shape index (κ1) is 10.6. The number of benzene rings is 1. The van der Waals surface area contributed by atoms with E-state index in [0.717, 1.165) is 11.1 Å². The van der Waals surface area contributed by atoms with Gasteiger partial charge in [-0.3, -0.25) is 0 Å². The summed E-state index contributed by atoms with van der Waals surface area (Å²) in [6, 6.07) is 9.12. The van der Waals surface area contributed by atoms with Gasteiger partial charge >= 0.3 is 0 Å². The number of nitrogens with one attached hydrogen (secondary N) is 1. The second kappa shape index (κ2) is 4.05. The predicted molar refractivity (Wildman–Crippen MR) is 67.8 cm³/mol. The molecule has 0 spiro atoms. The van der Waals surface area contributed by atoms with Gasteiger partial charge in [0.2, 0.25) is 0 Å². The highest BCUT2D eigenvalue weighted by Crippen LogP contribution is 2.47. The van der Waals surface area contributed by atoms with Gasteiger partial charge in [0.1, 0.15) is 0 Å². The third kappa shape index (κ3) is 1.99. The van der Waals surface area contributed by atoms with E-state index in [4.69, 9.17) is 11.6 Å². The fourth-order valence-corrected chi connectivity index (χ4v) is 3.00. The van der Waals surface area contributed by atoms with E-state index in [1.807, 2.05) is 12.1 Å². The fourth-order valence-electron chi connectivity index (χ4n) is 2.87. The van der Waals surface area contributed by atoms with Gasteiger partial charge in [-0.05, 0) is 43.4 Å². The SMILES string of the molecule is Clc1ccc(C2(NC3CCCC3)CC2)cc1. The topological polar surface area (TPSA) is 12.0 Å². The van der Waals surface area contributed by atoms with Crippen molar-refractivity contribution in [2.45, 2.75) is 50.1 Å². The van der Waals surface area contributed by atoms with Gasteiger partial charge in [0.05, 0.1) is 0 Å². The molecule has 1 nitrogen and oxygen atoms in total. The molecule has 2 heteroatoms. The smallest absolute Gasteiger partial charge is 0.0438 e. The molecule has 0 aliphatic heterocycles. The van der Waals surface area contributed by atoms with Gasteiger partial charge in [-0.1, -0.05) is 36.6 Å². The Morgan fingerprint density at radius 1 is 1.06 bits per heavy atom. The first-order valence-electron chi connectivity index (χ1n) is 6.32.